The molecule has 0 saturated heterocycles. The second kappa shape index (κ2) is 6.97. The Balaban J connectivity index is 2.62. The van der Waals surface area contributed by atoms with Gasteiger partial charge in [0.2, 0.25) is 0 Å². The molecule has 3 heteroatoms. The molecule has 0 aliphatic carbocycles. The number of carbonyl (C=O) groups is 1. The van der Waals surface area contributed by atoms with Crippen molar-refractivity contribution in [1.29, 1.82) is 0 Å². The van der Waals surface area contributed by atoms with Crippen LogP contribution in [-0.2, 0) is 10.2 Å². The number of rotatable bonds is 5. The minimum absolute atomic E-state index is 0.0731. The average molecular weight is 291 g/mol. The molecule has 1 aromatic carbocycles. The standard InChI is InChI=1S/C18H29NO2/c1-12(2)13(3)19-17(20)14(4)21-16-10-8-15(9-11-16)18(5,6)7/h8-14H,1-7H3,(H,19,20)/t13-,14-/m0/s1. The summed E-state index contributed by atoms with van der Waals surface area (Å²) in [7, 11) is 0. The van der Waals surface area contributed by atoms with Crippen molar-refractivity contribution in [3.8, 4) is 5.75 Å². The minimum Gasteiger partial charge on any atom is -0.481 e. The fourth-order valence-corrected chi connectivity index (χ4v) is 1.80. The SMILES string of the molecule is CC(C)[C@H](C)NC(=O)[C@H](C)Oc1ccc(C(C)(C)C)cc1. The van der Waals surface area contributed by atoms with Crippen LogP contribution in [0.15, 0.2) is 24.3 Å². The van der Waals surface area contributed by atoms with Crippen LogP contribution in [0.2, 0.25) is 0 Å². The maximum Gasteiger partial charge on any atom is 0.260 e. The molecule has 1 aromatic rings. The van der Waals surface area contributed by atoms with Gasteiger partial charge in [-0.3, -0.25) is 4.79 Å². The van der Waals surface area contributed by atoms with Crippen LogP contribution < -0.4 is 10.1 Å². The first kappa shape index (κ1) is 17.5. The molecule has 0 heterocycles. The molecule has 3 nitrogen and oxygen atoms in total. The largest absolute Gasteiger partial charge is 0.481 e. The summed E-state index contributed by atoms with van der Waals surface area (Å²) < 4.78 is 5.71. The number of nitrogens with one attached hydrogen (secondary N) is 1. The molecule has 0 bridgehead atoms. The van der Waals surface area contributed by atoms with Crippen LogP contribution in [0.3, 0.4) is 0 Å². The van der Waals surface area contributed by atoms with Crippen LogP contribution in [0.4, 0.5) is 0 Å². The van der Waals surface area contributed by atoms with Crippen molar-refractivity contribution in [3.05, 3.63) is 29.8 Å². The van der Waals surface area contributed by atoms with E-state index in [9.17, 15) is 4.79 Å². The number of carbonyl (C=O) groups excluding carboxylic acids is 1. The van der Waals surface area contributed by atoms with E-state index in [4.69, 9.17) is 4.74 Å². The van der Waals surface area contributed by atoms with Crippen LogP contribution in [0.5, 0.6) is 5.75 Å². The molecule has 0 aromatic heterocycles. The first-order valence-electron chi connectivity index (χ1n) is 7.69. The van der Waals surface area contributed by atoms with E-state index in [0.29, 0.717) is 5.92 Å². The van der Waals surface area contributed by atoms with Gasteiger partial charge in [0.25, 0.3) is 5.91 Å². The summed E-state index contributed by atoms with van der Waals surface area (Å²) in [6, 6.07) is 8.10. The predicted molar refractivity (Wildman–Crippen MR) is 87.7 cm³/mol. The lowest BCUT2D eigenvalue weighted by molar-refractivity contribution is -0.128. The van der Waals surface area contributed by atoms with Crippen molar-refractivity contribution in [2.24, 2.45) is 5.92 Å². The van der Waals surface area contributed by atoms with E-state index in [1.807, 2.05) is 19.1 Å². The highest BCUT2D eigenvalue weighted by Gasteiger charge is 2.19. The van der Waals surface area contributed by atoms with Gasteiger partial charge in [0.1, 0.15) is 5.75 Å². The van der Waals surface area contributed by atoms with Crippen LogP contribution in [0, 0.1) is 5.92 Å². The van der Waals surface area contributed by atoms with Crippen LogP contribution in [0.25, 0.3) is 0 Å². The van der Waals surface area contributed by atoms with Crippen molar-refractivity contribution < 1.29 is 9.53 Å². The second-order valence-corrected chi connectivity index (χ2v) is 7.08. The van der Waals surface area contributed by atoms with E-state index in [1.54, 1.807) is 6.92 Å². The second-order valence-electron chi connectivity index (χ2n) is 7.08. The normalized spacial score (nSPS) is 14.7. The smallest absolute Gasteiger partial charge is 0.260 e. The highest BCUT2D eigenvalue weighted by molar-refractivity contribution is 5.81. The van der Waals surface area contributed by atoms with Crippen LogP contribution in [0.1, 0.15) is 54.0 Å². The molecule has 21 heavy (non-hydrogen) atoms. The van der Waals surface area contributed by atoms with Gasteiger partial charge in [0.15, 0.2) is 6.10 Å². The molecule has 1 rings (SSSR count). The quantitative estimate of drug-likeness (QED) is 0.893. The lowest BCUT2D eigenvalue weighted by atomic mass is 9.87. The Kier molecular flexibility index (Phi) is 5.82. The zero-order valence-corrected chi connectivity index (χ0v) is 14.4. The third-order valence-corrected chi connectivity index (χ3v) is 3.77. The molecule has 118 valence electrons. The van der Waals surface area contributed by atoms with E-state index in [-0.39, 0.29) is 17.4 Å². The first-order valence-corrected chi connectivity index (χ1v) is 7.69. The monoisotopic (exact) mass is 291 g/mol. The summed E-state index contributed by atoms with van der Waals surface area (Å²) in [6.45, 7) is 14.5. The fourth-order valence-electron chi connectivity index (χ4n) is 1.80. The Bertz CT molecular complexity index is 457. The number of benzene rings is 1. The number of amides is 1. The van der Waals surface area contributed by atoms with Gasteiger partial charge in [0.05, 0.1) is 0 Å². The topological polar surface area (TPSA) is 38.3 Å². The summed E-state index contributed by atoms with van der Waals surface area (Å²) in [5, 5.41) is 2.97. The van der Waals surface area contributed by atoms with Gasteiger partial charge < -0.3 is 10.1 Å². The lowest BCUT2D eigenvalue weighted by Crippen LogP contribution is -2.43. The van der Waals surface area contributed by atoms with Gasteiger partial charge >= 0.3 is 0 Å². The average Bonchev–Trinajstić information content (AvgIpc) is 2.37. The summed E-state index contributed by atoms with van der Waals surface area (Å²) in [5.74, 6) is 1.06. The van der Waals surface area contributed by atoms with Crippen molar-refractivity contribution in [3.63, 3.8) is 0 Å². The Morgan fingerprint density at radius 3 is 2.00 bits per heavy atom. The van der Waals surface area contributed by atoms with Gasteiger partial charge in [0, 0.05) is 6.04 Å². The molecule has 1 N–H and O–H groups in total. The van der Waals surface area contributed by atoms with Crippen molar-refractivity contribution in [1.82, 2.24) is 5.32 Å². The maximum absolute atomic E-state index is 12.1. The Morgan fingerprint density at radius 1 is 1.05 bits per heavy atom. The van der Waals surface area contributed by atoms with Crippen LogP contribution in [-0.4, -0.2) is 18.1 Å². The van der Waals surface area contributed by atoms with Crippen LogP contribution >= 0.6 is 0 Å². The van der Waals surface area contributed by atoms with E-state index in [1.165, 1.54) is 5.56 Å². The van der Waals surface area contributed by atoms with Crippen molar-refractivity contribution in [2.45, 2.75) is 66.0 Å². The van der Waals surface area contributed by atoms with E-state index >= 15 is 0 Å². The zero-order valence-electron chi connectivity index (χ0n) is 14.4. The van der Waals surface area contributed by atoms with E-state index < -0.39 is 6.10 Å². The molecule has 2 atom stereocenters. The Hall–Kier alpha value is -1.51. The highest BCUT2D eigenvalue weighted by Crippen LogP contribution is 2.24. The predicted octanol–water partition coefficient (Wildman–Crippen LogP) is 3.91. The molecular weight excluding hydrogens is 262 g/mol. The minimum atomic E-state index is -0.494. The zero-order chi connectivity index (χ0) is 16.2. The first-order chi connectivity index (χ1) is 9.61. The highest BCUT2D eigenvalue weighted by atomic mass is 16.5. The van der Waals surface area contributed by atoms with Gasteiger partial charge in [-0.2, -0.15) is 0 Å². The third kappa shape index (κ3) is 5.41. The van der Waals surface area contributed by atoms with E-state index in [2.05, 4.69) is 52.1 Å². The maximum atomic E-state index is 12.1. The van der Waals surface area contributed by atoms with Crippen molar-refractivity contribution in [2.75, 3.05) is 0 Å². The molecular formula is C18H29NO2. The van der Waals surface area contributed by atoms with Gasteiger partial charge in [-0.15, -0.1) is 0 Å². The molecule has 0 spiro atoms. The summed E-state index contributed by atoms with van der Waals surface area (Å²) in [6.07, 6.45) is -0.494. The molecule has 0 unspecified atom stereocenters. The molecule has 0 fully saturated rings. The number of hydrogen-bond acceptors (Lipinski definition) is 2. The molecule has 0 aliphatic heterocycles. The van der Waals surface area contributed by atoms with Gasteiger partial charge in [-0.25, -0.2) is 0 Å². The Morgan fingerprint density at radius 2 is 1.57 bits per heavy atom. The van der Waals surface area contributed by atoms with Gasteiger partial charge in [-0.1, -0.05) is 46.8 Å². The number of ether oxygens (including phenoxy) is 1. The lowest BCUT2D eigenvalue weighted by Gasteiger charge is -2.22. The Labute approximate surface area is 129 Å². The summed E-state index contributed by atoms with van der Waals surface area (Å²) >= 11 is 0. The molecule has 0 radical (unpaired) electrons. The summed E-state index contributed by atoms with van der Waals surface area (Å²) in [4.78, 5) is 12.1. The van der Waals surface area contributed by atoms with Crippen molar-refractivity contribution >= 4 is 5.91 Å². The molecule has 1 amide bonds. The van der Waals surface area contributed by atoms with Gasteiger partial charge in [-0.05, 0) is 42.9 Å². The fraction of sp³-hybridized carbons (Fsp3) is 0.611. The van der Waals surface area contributed by atoms with E-state index in [0.717, 1.165) is 5.75 Å². The summed E-state index contributed by atoms with van der Waals surface area (Å²) in [5.41, 5.74) is 1.37. The molecule has 0 aliphatic rings. The third-order valence-electron chi connectivity index (χ3n) is 3.77. The molecule has 0 saturated carbocycles. The number of hydrogen-bond donors (Lipinski definition) is 1.